The second-order valence-corrected chi connectivity index (χ2v) is 4.81. The predicted octanol–water partition coefficient (Wildman–Crippen LogP) is 4.38. The average Bonchev–Trinajstić information content (AvgIpc) is 2.23. The fraction of sp³-hybridized carbons (Fsp3) is 0.0833. The topological polar surface area (TPSA) is 12.9 Å². The van der Waals surface area contributed by atoms with Crippen LogP contribution in [0.5, 0.6) is 0 Å². The summed E-state index contributed by atoms with van der Waals surface area (Å²) in [6, 6.07) is 11.0. The van der Waals surface area contributed by atoms with Gasteiger partial charge in [0.05, 0.1) is 10.2 Å². The van der Waals surface area contributed by atoms with E-state index in [1.165, 1.54) is 0 Å². The van der Waals surface area contributed by atoms with Crippen LogP contribution in [0.1, 0.15) is 5.56 Å². The molecule has 0 aliphatic rings. The molecule has 0 atom stereocenters. The Bertz CT molecular complexity index is 495. The van der Waals surface area contributed by atoms with Crippen molar-refractivity contribution in [3.05, 3.63) is 51.0 Å². The lowest BCUT2D eigenvalue weighted by atomic mass is 10.1. The lowest BCUT2D eigenvalue weighted by Crippen LogP contribution is -1.88. The van der Waals surface area contributed by atoms with Gasteiger partial charge < -0.3 is 0 Å². The fourth-order valence-corrected chi connectivity index (χ4v) is 2.14. The van der Waals surface area contributed by atoms with E-state index in [2.05, 4.69) is 42.9 Å². The van der Waals surface area contributed by atoms with Crippen molar-refractivity contribution in [1.29, 1.82) is 0 Å². The van der Waals surface area contributed by atoms with Crippen LogP contribution >= 0.6 is 31.9 Å². The fourth-order valence-electron chi connectivity index (χ4n) is 1.38. The van der Waals surface area contributed by atoms with Crippen molar-refractivity contribution in [1.82, 2.24) is 4.98 Å². The first kappa shape index (κ1) is 10.8. The van der Waals surface area contributed by atoms with Crippen molar-refractivity contribution in [2.24, 2.45) is 0 Å². The summed E-state index contributed by atoms with van der Waals surface area (Å²) in [7, 11) is 0. The molecule has 0 unspecified atom stereocenters. The third kappa shape index (κ3) is 2.13. The Morgan fingerprint density at radius 2 is 2.07 bits per heavy atom. The second kappa shape index (κ2) is 4.45. The number of benzene rings is 1. The number of nitrogens with zero attached hydrogens (tertiary/aromatic N) is 1. The molecule has 2 rings (SSSR count). The Balaban J connectivity index is 2.65. The highest BCUT2D eigenvalue weighted by atomic mass is 79.9. The Hall–Kier alpha value is -0.670. The molecule has 75 valence electrons. The van der Waals surface area contributed by atoms with Crippen LogP contribution < -0.4 is 0 Å². The summed E-state index contributed by atoms with van der Waals surface area (Å²) in [5.74, 6) is 0. The van der Waals surface area contributed by atoms with Crippen LogP contribution in [0.4, 0.5) is 0 Å². The van der Waals surface area contributed by atoms with Crippen molar-refractivity contribution in [2.75, 3.05) is 0 Å². The Morgan fingerprint density at radius 1 is 1.27 bits per heavy atom. The minimum atomic E-state index is 0.943. The van der Waals surface area contributed by atoms with E-state index in [9.17, 15) is 0 Å². The number of halogens is 2. The third-order valence-electron chi connectivity index (χ3n) is 2.16. The summed E-state index contributed by atoms with van der Waals surface area (Å²) in [6.45, 7) is 2.03. The van der Waals surface area contributed by atoms with Gasteiger partial charge in [0.2, 0.25) is 0 Å². The highest BCUT2D eigenvalue weighted by molar-refractivity contribution is 9.13. The summed E-state index contributed by atoms with van der Waals surface area (Å²) in [5, 5.41) is 0. The highest BCUT2D eigenvalue weighted by Crippen LogP contribution is 2.33. The molecule has 15 heavy (non-hydrogen) atoms. The van der Waals surface area contributed by atoms with E-state index >= 15 is 0 Å². The first-order valence-electron chi connectivity index (χ1n) is 4.48. The smallest absolute Gasteiger partial charge is 0.0858 e. The molecule has 0 spiro atoms. The van der Waals surface area contributed by atoms with E-state index in [0.29, 0.717) is 0 Å². The predicted molar refractivity (Wildman–Crippen MR) is 68.6 cm³/mol. The summed E-state index contributed by atoms with van der Waals surface area (Å²) in [4.78, 5) is 4.37. The normalized spacial score (nSPS) is 10.3. The van der Waals surface area contributed by atoms with Crippen molar-refractivity contribution in [3.63, 3.8) is 0 Å². The molecule has 1 heterocycles. The van der Waals surface area contributed by atoms with Gasteiger partial charge in [-0.25, -0.2) is 0 Å². The van der Waals surface area contributed by atoms with Gasteiger partial charge >= 0.3 is 0 Å². The first-order valence-corrected chi connectivity index (χ1v) is 6.06. The maximum atomic E-state index is 4.37. The first-order chi connectivity index (χ1) is 7.20. The molecule has 2 aromatic rings. The molecule has 0 saturated heterocycles. The third-order valence-corrected chi connectivity index (χ3v) is 4.16. The van der Waals surface area contributed by atoms with E-state index in [0.717, 1.165) is 25.8 Å². The molecule has 1 nitrogen and oxygen atoms in total. The molecule has 0 N–H and O–H groups in total. The molecule has 0 bridgehead atoms. The molecule has 0 saturated carbocycles. The van der Waals surface area contributed by atoms with Crippen LogP contribution in [-0.4, -0.2) is 4.98 Å². The quantitative estimate of drug-likeness (QED) is 0.758. The molecular formula is C12H8Br2N. The Morgan fingerprint density at radius 3 is 2.80 bits per heavy atom. The van der Waals surface area contributed by atoms with Crippen molar-refractivity contribution in [2.45, 2.75) is 6.92 Å². The van der Waals surface area contributed by atoms with Gasteiger partial charge in [0.1, 0.15) is 0 Å². The van der Waals surface area contributed by atoms with Crippen LogP contribution in [0, 0.1) is 13.0 Å². The summed E-state index contributed by atoms with van der Waals surface area (Å²) < 4.78 is 1.99. The van der Waals surface area contributed by atoms with Crippen LogP contribution in [0.15, 0.2) is 39.4 Å². The Kier molecular flexibility index (Phi) is 3.22. The van der Waals surface area contributed by atoms with E-state index in [-0.39, 0.29) is 0 Å². The molecule has 0 aliphatic heterocycles. The van der Waals surface area contributed by atoms with Gasteiger partial charge in [-0.2, -0.15) is 0 Å². The number of hydrogen-bond donors (Lipinski definition) is 0. The van der Waals surface area contributed by atoms with Gasteiger partial charge in [-0.3, -0.25) is 4.98 Å². The molecular weight excluding hydrogens is 318 g/mol. The van der Waals surface area contributed by atoms with E-state index in [1.807, 2.05) is 31.2 Å². The number of rotatable bonds is 1. The van der Waals surface area contributed by atoms with E-state index < -0.39 is 0 Å². The monoisotopic (exact) mass is 324 g/mol. The van der Waals surface area contributed by atoms with Gasteiger partial charge in [-0.15, -0.1) is 0 Å². The molecule has 0 fully saturated rings. The maximum Gasteiger partial charge on any atom is 0.0858 e. The molecule has 1 radical (unpaired) electrons. The maximum absolute atomic E-state index is 4.37. The SMILES string of the molecule is Cc1[c]cccc1-c1nccc(Br)c1Br. The average molecular weight is 326 g/mol. The molecule has 0 aliphatic carbocycles. The van der Waals surface area contributed by atoms with Gasteiger partial charge in [-0.1, -0.05) is 18.2 Å². The molecule has 1 aromatic heterocycles. The standard InChI is InChI=1S/C12H8Br2N/c1-8-4-2-3-5-9(8)12-11(14)10(13)6-7-15-12/h2-3,5-7H,1H3. The lowest BCUT2D eigenvalue weighted by molar-refractivity contribution is 1.28. The minimum absolute atomic E-state index is 0.943. The minimum Gasteiger partial charge on any atom is -0.255 e. The number of hydrogen-bond acceptors (Lipinski definition) is 1. The summed E-state index contributed by atoms with van der Waals surface area (Å²) >= 11 is 7.00. The number of aromatic nitrogens is 1. The second-order valence-electron chi connectivity index (χ2n) is 3.16. The van der Waals surface area contributed by atoms with Crippen LogP contribution in [-0.2, 0) is 0 Å². The van der Waals surface area contributed by atoms with Crippen LogP contribution in [0.2, 0.25) is 0 Å². The lowest BCUT2D eigenvalue weighted by Gasteiger charge is -2.07. The van der Waals surface area contributed by atoms with Crippen LogP contribution in [0.3, 0.4) is 0 Å². The zero-order valence-corrected chi connectivity index (χ0v) is 11.3. The van der Waals surface area contributed by atoms with E-state index in [4.69, 9.17) is 0 Å². The molecule has 0 amide bonds. The van der Waals surface area contributed by atoms with Crippen molar-refractivity contribution < 1.29 is 0 Å². The zero-order chi connectivity index (χ0) is 10.8. The summed E-state index contributed by atoms with van der Waals surface area (Å²) in [6.07, 6.45) is 1.79. The van der Waals surface area contributed by atoms with Crippen LogP contribution in [0.25, 0.3) is 11.3 Å². The largest absolute Gasteiger partial charge is 0.255 e. The number of aryl methyl sites for hydroxylation is 1. The van der Waals surface area contributed by atoms with Gasteiger partial charge in [-0.05, 0) is 56.5 Å². The summed E-state index contributed by atoms with van der Waals surface area (Å²) in [5.41, 5.74) is 3.15. The van der Waals surface area contributed by atoms with Gasteiger partial charge in [0, 0.05) is 16.2 Å². The van der Waals surface area contributed by atoms with Crippen molar-refractivity contribution in [3.8, 4) is 11.3 Å². The Labute approximate surface area is 106 Å². The zero-order valence-electron chi connectivity index (χ0n) is 8.09. The van der Waals surface area contributed by atoms with E-state index in [1.54, 1.807) is 6.20 Å². The van der Waals surface area contributed by atoms with Gasteiger partial charge in [0.15, 0.2) is 0 Å². The molecule has 3 heteroatoms. The highest BCUT2D eigenvalue weighted by Gasteiger charge is 2.09. The molecule has 1 aromatic carbocycles. The number of pyridine rings is 1. The van der Waals surface area contributed by atoms with Gasteiger partial charge in [0.25, 0.3) is 0 Å². The van der Waals surface area contributed by atoms with Crippen molar-refractivity contribution >= 4 is 31.9 Å².